The predicted octanol–water partition coefficient (Wildman–Crippen LogP) is 2.44. The molecule has 0 aliphatic heterocycles. The normalized spacial score (nSPS) is 19.0. The number of hydrogen-bond acceptors (Lipinski definition) is 5. The van der Waals surface area contributed by atoms with E-state index in [0.717, 1.165) is 44.7 Å². The van der Waals surface area contributed by atoms with Crippen LogP contribution in [0.1, 0.15) is 51.4 Å². The minimum atomic E-state index is -4.27. The van der Waals surface area contributed by atoms with Crippen LogP contribution in [0.3, 0.4) is 0 Å². The molecule has 2 aliphatic carbocycles. The van der Waals surface area contributed by atoms with Crippen molar-refractivity contribution in [1.29, 1.82) is 0 Å². The summed E-state index contributed by atoms with van der Waals surface area (Å²) in [6, 6.07) is 1.91. The second-order valence-corrected chi connectivity index (χ2v) is 8.50. The molecule has 3 amide bonds. The number of sulfonamides is 1. The Kier molecular flexibility index (Phi) is 5.36. The molecular formula is C17H23N3O4S. The Balaban J connectivity index is 1.90. The Morgan fingerprint density at radius 1 is 1.08 bits per heavy atom. The number of nitrogens with zero attached hydrogens (tertiary/aromatic N) is 2. The molecule has 0 radical (unpaired) electrons. The van der Waals surface area contributed by atoms with Gasteiger partial charge in [0.05, 0.1) is 0 Å². The molecule has 1 aromatic heterocycles. The van der Waals surface area contributed by atoms with Crippen molar-refractivity contribution >= 4 is 22.0 Å². The van der Waals surface area contributed by atoms with Crippen LogP contribution in [0.4, 0.5) is 4.79 Å². The Hall–Kier alpha value is -1.96. The van der Waals surface area contributed by atoms with E-state index in [1.54, 1.807) is 0 Å². The van der Waals surface area contributed by atoms with E-state index in [4.69, 9.17) is 0 Å². The fourth-order valence-electron chi connectivity index (χ4n) is 3.57. The molecule has 1 N–H and O–H groups in total. The van der Waals surface area contributed by atoms with Crippen molar-refractivity contribution in [2.24, 2.45) is 5.92 Å². The van der Waals surface area contributed by atoms with Crippen LogP contribution in [-0.2, 0) is 14.8 Å². The van der Waals surface area contributed by atoms with Crippen molar-refractivity contribution in [2.45, 2.75) is 62.3 Å². The first-order chi connectivity index (χ1) is 12.0. The van der Waals surface area contributed by atoms with Crippen molar-refractivity contribution in [3.8, 4) is 0 Å². The number of carbonyl (C=O) groups is 2. The van der Waals surface area contributed by atoms with Gasteiger partial charge in [0.15, 0.2) is 0 Å². The molecule has 2 saturated carbocycles. The maximum Gasteiger partial charge on any atom is 0.338 e. The summed E-state index contributed by atoms with van der Waals surface area (Å²) in [5, 5.41) is 2.73. The lowest BCUT2D eigenvalue weighted by Crippen LogP contribution is -2.51. The first-order valence-electron chi connectivity index (χ1n) is 8.80. The summed E-state index contributed by atoms with van der Waals surface area (Å²) in [4.78, 5) is 29.2. The zero-order valence-corrected chi connectivity index (χ0v) is 14.9. The standard InChI is InChI=1S/C17H23N3O4S/c21-16(13-6-1-2-7-13)20(17(22)19-14-8-3-4-9-14)25(23,24)15-10-5-11-18-12-15/h5,10-14H,1-4,6-9H2,(H,19,22). The number of imide groups is 1. The van der Waals surface area contributed by atoms with Gasteiger partial charge in [0.25, 0.3) is 10.0 Å². The number of rotatable bonds is 4. The molecule has 0 unspecified atom stereocenters. The number of carbonyl (C=O) groups excluding carboxylic acids is 2. The molecule has 25 heavy (non-hydrogen) atoms. The minimum absolute atomic E-state index is 0.0736. The van der Waals surface area contributed by atoms with Crippen LogP contribution in [0.2, 0.25) is 0 Å². The highest BCUT2D eigenvalue weighted by Gasteiger charge is 2.40. The van der Waals surface area contributed by atoms with Crippen LogP contribution in [-0.4, -0.2) is 35.7 Å². The first-order valence-corrected chi connectivity index (χ1v) is 10.2. The molecule has 0 spiro atoms. The third kappa shape index (κ3) is 3.84. The van der Waals surface area contributed by atoms with Gasteiger partial charge >= 0.3 is 6.03 Å². The van der Waals surface area contributed by atoms with Crippen LogP contribution in [0.25, 0.3) is 0 Å². The summed E-state index contributed by atoms with van der Waals surface area (Å²) in [7, 11) is -4.27. The zero-order valence-electron chi connectivity index (χ0n) is 14.1. The molecule has 3 rings (SSSR count). The summed E-state index contributed by atoms with van der Waals surface area (Å²) in [6.07, 6.45) is 9.21. The molecule has 1 heterocycles. The fraction of sp³-hybridized carbons (Fsp3) is 0.588. The molecule has 0 bridgehead atoms. The molecule has 8 heteroatoms. The number of amides is 3. The number of hydrogen-bond donors (Lipinski definition) is 1. The average Bonchev–Trinajstić information content (AvgIpc) is 3.29. The van der Waals surface area contributed by atoms with Gasteiger partial charge in [-0.2, -0.15) is 4.31 Å². The third-order valence-electron chi connectivity index (χ3n) is 4.94. The van der Waals surface area contributed by atoms with Gasteiger partial charge in [-0.15, -0.1) is 0 Å². The van der Waals surface area contributed by atoms with E-state index >= 15 is 0 Å². The largest absolute Gasteiger partial charge is 0.338 e. The number of aromatic nitrogens is 1. The lowest BCUT2D eigenvalue weighted by molar-refractivity contribution is -0.128. The highest BCUT2D eigenvalue weighted by molar-refractivity contribution is 7.90. The smallest absolute Gasteiger partial charge is 0.334 e. The van der Waals surface area contributed by atoms with E-state index in [0.29, 0.717) is 17.1 Å². The molecule has 0 aromatic carbocycles. The fourth-order valence-corrected chi connectivity index (χ4v) is 4.89. The Morgan fingerprint density at radius 3 is 2.32 bits per heavy atom. The van der Waals surface area contributed by atoms with Crippen LogP contribution in [0, 0.1) is 5.92 Å². The second kappa shape index (κ2) is 7.51. The van der Waals surface area contributed by atoms with E-state index in [1.807, 2.05) is 0 Å². The van der Waals surface area contributed by atoms with Gasteiger partial charge in [0.2, 0.25) is 5.91 Å². The van der Waals surface area contributed by atoms with Gasteiger partial charge in [0, 0.05) is 24.4 Å². The number of pyridine rings is 1. The zero-order chi connectivity index (χ0) is 17.9. The molecule has 136 valence electrons. The molecular weight excluding hydrogens is 342 g/mol. The van der Waals surface area contributed by atoms with Gasteiger partial charge in [-0.05, 0) is 37.8 Å². The molecule has 7 nitrogen and oxygen atoms in total. The minimum Gasteiger partial charge on any atom is -0.334 e. The molecule has 2 aliphatic rings. The van der Waals surface area contributed by atoms with Crippen LogP contribution in [0.5, 0.6) is 0 Å². The topological polar surface area (TPSA) is 96.4 Å². The summed E-state index contributed by atoms with van der Waals surface area (Å²) < 4.78 is 26.3. The van der Waals surface area contributed by atoms with Gasteiger partial charge in [-0.1, -0.05) is 25.7 Å². The van der Waals surface area contributed by atoms with Crippen molar-refractivity contribution in [3.63, 3.8) is 0 Å². The van der Waals surface area contributed by atoms with E-state index < -0.39 is 27.9 Å². The maximum absolute atomic E-state index is 13.0. The van der Waals surface area contributed by atoms with Crippen molar-refractivity contribution in [1.82, 2.24) is 14.6 Å². The number of urea groups is 1. The van der Waals surface area contributed by atoms with Gasteiger partial charge < -0.3 is 5.32 Å². The average molecular weight is 365 g/mol. The van der Waals surface area contributed by atoms with Crippen LogP contribution >= 0.6 is 0 Å². The quantitative estimate of drug-likeness (QED) is 0.884. The molecule has 0 atom stereocenters. The lowest BCUT2D eigenvalue weighted by atomic mass is 10.1. The third-order valence-corrected chi connectivity index (χ3v) is 6.61. The highest BCUT2D eigenvalue weighted by Crippen LogP contribution is 2.29. The molecule has 0 saturated heterocycles. The van der Waals surface area contributed by atoms with Gasteiger partial charge in [-0.25, -0.2) is 13.2 Å². The Morgan fingerprint density at radius 2 is 1.72 bits per heavy atom. The Bertz CT molecular complexity index is 724. The van der Waals surface area contributed by atoms with E-state index in [-0.39, 0.29) is 10.9 Å². The van der Waals surface area contributed by atoms with Crippen LogP contribution < -0.4 is 5.32 Å². The molecule has 2 fully saturated rings. The summed E-state index contributed by atoms with van der Waals surface area (Å²) in [6.45, 7) is 0. The van der Waals surface area contributed by atoms with Crippen molar-refractivity contribution < 1.29 is 18.0 Å². The predicted molar refractivity (Wildman–Crippen MR) is 91.0 cm³/mol. The van der Waals surface area contributed by atoms with Gasteiger partial charge in [-0.3, -0.25) is 9.78 Å². The molecule has 1 aromatic rings. The van der Waals surface area contributed by atoms with Gasteiger partial charge in [0.1, 0.15) is 4.90 Å². The van der Waals surface area contributed by atoms with E-state index in [1.165, 1.54) is 18.3 Å². The monoisotopic (exact) mass is 365 g/mol. The Labute approximate surface area is 147 Å². The maximum atomic E-state index is 13.0. The summed E-state index contributed by atoms with van der Waals surface area (Å²) in [5.74, 6) is -1.04. The number of nitrogens with one attached hydrogen (secondary N) is 1. The summed E-state index contributed by atoms with van der Waals surface area (Å²) >= 11 is 0. The SMILES string of the molecule is O=C(NC1CCCC1)N(C(=O)C1CCCC1)S(=O)(=O)c1cccnc1. The van der Waals surface area contributed by atoms with Crippen molar-refractivity contribution in [3.05, 3.63) is 24.5 Å². The highest BCUT2D eigenvalue weighted by atomic mass is 32.2. The van der Waals surface area contributed by atoms with E-state index in [9.17, 15) is 18.0 Å². The van der Waals surface area contributed by atoms with E-state index in [2.05, 4.69) is 10.3 Å². The second-order valence-electron chi connectivity index (χ2n) is 6.71. The first kappa shape index (κ1) is 17.8. The van der Waals surface area contributed by atoms with Crippen LogP contribution in [0.15, 0.2) is 29.4 Å². The summed E-state index contributed by atoms with van der Waals surface area (Å²) in [5.41, 5.74) is 0. The lowest BCUT2D eigenvalue weighted by Gasteiger charge is -2.25. The van der Waals surface area contributed by atoms with Crippen molar-refractivity contribution in [2.75, 3.05) is 0 Å².